The Hall–Kier alpha value is -1.00. The lowest BCUT2D eigenvalue weighted by Crippen LogP contribution is -2.50. The van der Waals surface area contributed by atoms with Crippen LogP contribution in [0.25, 0.3) is 0 Å². The van der Waals surface area contributed by atoms with Gasteiger partial charge in [0, 0.05) is 10.9 Å². The maximum Gasteiger partial charge on any atom is 0.240 e. The van der Waals surface area contributed by atoms with Crippen LogP contribution < -0.4 is 10.2 Å². The van der Waals surface area contributed by atoms with E-state index in [1.165, 1.54) is 4.90 Å². The highest BCUT2D eigenvalue weighted by Crippen LogP contribution is 2.40. The molecule has 0 saturated carbocycles. The molecule has 96 valence electrons. The number of para-hydroxylation sites is 1. The molecule has 2 aliphatic heterocycles. The summed E-state index contributed by atoms with van der Waals surface area (Å²) in [6.07, 6.45) is 2.11. The van der Waals surface area contributed by atoms with Crippen LogP contribution in [-0.2, 0) is 4.79 Å². The fourth-order valence-corrected chi connectivity index (χ4v) is 3.79. The zero-order chi connectivity index (χ0) is 12.5. The van der Waals surface area contributed by atoms with Gasteiger partial charge in [0.1, 0.15) is 0 Å². The molecule has 3 rings (SSSR count). The summed E-state index contributed by atoms with van der Waals surface area (Å²) in [5.41, 5.74) is 1.11. The van der Waals surface area contributed by atoms with Crippen LogP contribution in [-0.4, -0.2) is 30.3 Å². The van der Waals surface area contributed by atoms with Crippen LogP contribution >= 0.6 is 11.8 Å². The third-order valence-corrected chi connectivity index (χ3v) is 4.84. The van der Waals surface area contributed by atoms with Crippen molar-refractivity contribution in [3.63, 3.8) is 0 Å². The minimum Gasteiger partial charge on any atom is -0.317 e. The van der Waals surface area contributed by atoms with E-state index in [-0.39, 0.29) is 11.2 Å². The second kappa shape index (κ2) is 4.94. The van der Waals surface area contributed by atoms with Crippen LogP contribution in [0.5, 0.6) is 0 Å². The predicted octanol–water partition coefficient (Wildman–Crippen LogP) is 2.27. The van der Waals surface area contributed by atoms with Crippen molar-refractivity contribution in [2.75, 3.05) is 18.0 Å². The maximum atomic E-state index is 12.5. The fraction of sp³-hybridized carbons (Fsp3) is 0.500. The Bertz CT molecular complexity index is 457. The molecule has 0 bridgehead atoms. The van der Waals surface area contributed by atoms with Crippen molar-refractivity contribution in [1.82, 2.24) is 5.32 Å². The van der Waals surface area contributed by atoms with Crippen LogP contribution in [0.4, 0.5) is 5.69 Å². The highest BCUT2D eigenvalue weighted by molar-refractivity contribution is 8.00. The summed E-state index contributed by atoms with van der Waals surface area (Å²) in [6.45, 7) is 4.04. The highest BCUT2D eigenvalue weighted by atomic mass is 32.2. The number of carbonyl (C=O) groups excluding carboxylic acids is 1. The normalized spacial score (nSPS) is 25.1. The van der Waals surface area contributed by atoms with Crippen molar-refractivity contribution in [3.8, 4) is 0 Å². The smallest absolute Gasteiger partial charge is 0.240 e. The molecule has 2 aliphatic rings. The second-order valence-electron chi connectivity index (χ2n) is 4.92. The predicted molar refractivity (Wildman–Crippen MR) is 75.1 cm³/mol. The molecular formula is C14H18N2OS. The van der Waals surface area contributed by atoms with E-state index in [0.29, 0.717) is 6.04 Å². The molecule has 18 heavy (non-hydrogen) atoms. The Labute approximate surface area is 112 Å². The minimum atomic E-state index is 0.0368. The van der Waals surface area contributed by atoms with E-state index in [9.17, 15) is 4.79 Å². The van der Waals surface area contributed by atoms with Gasteiger partial charge in [0.2, 0.25) is 5.91 Å². The van der Waals surface area contributed by atoms with Crippen LogP contribution in [0.1, 0.15) is 19.8 Å². The number of piperidine rings is 1. The number of thioether (sulfide) groups is 1. The van der Waals surface area contributed by atoms with Gasteiger partial charge in [-0.25, -0.2) is 0 Å². The van der Waals surface area contributed by atoms with Crippen LogP contribution in [0.15, 0.2) is 29.2 Å². The van der Waals surface area contributed by atoms with E-state index in [1.807, 2.05) is 13.0 Å². The summed E-state index contributed by atoms with van der Waals surface area (Å²) in [5.74, 6) is 0.269. The molecule has 1 atom stereocenters. The first-order valence-corrected chi connectivity index (χ1v) is 7.45. The number of carbonyl (C=O) groups is 1. The van der Waals surface area contributed by atoms with Gasteiger partial charge in [-0.2, -0.15) is 0 Å². The average molecular weight is 262 g/mol. The lowest BCUT2D eigenvalue weighted by Gasteiger charge is -2.39. The van der Waals surface area contributed by atoms with Gasteiger partial charge in [-0.15, -0.1) is 11.8 Å². The number of anilines is 1. The Balaban J connectivity index is 1.97. The van der Waals surface area contributed by atoms with E-state index in [1.54, 1.807) is 11.8 Å². The standard InChI is InChI=1S/C14H18N2OS/c1-10-14(17)16(11-6-8-15-9-7-11)12-4-2-3-5-13(12)18-10/h2-5,10-11,15H,6-9H2,1H3. The molecular weight excluding hydrogens is 244 g/mol. The Morgan fingerprint density at radius 1 is 1.28 bits per heavy atom. The molecule has 0 radical (unpaired) electrons. The van der Waals surface area contributed by atoms with Gasteiger partial charge in [0.05, 0.1) is 10.9 Å². The van der Waals surface area contributed by atoms with Gasteiger partial charge in [0.15, 0.2) is 0 Å². The number of hydrogen-bond acceptors (Lipinski definition) is 3. The number of rotatable bonds is 1. The Morgan fingerprint density at radius 3 is 2.78 bits per heavy atom. The van der Waals surface area contributed by atoms with E-state index >= 15 is 0 Å². The molecule has 1 unspecified atom stereocenters. The first-order valence-electron chi connectivity index (χ1n) is 6.57. The number of hydrogen-bond donors (Lipinski definition) is 1. The molecule has 1 saturated heterocycles. The molecule has 1 N–H and O–H groups in total. The number of nitrogens with one attached hydrogen (secondary N) is 1. The van der Waals surface area contributed by atoms with Crippen molar-refractivity contribution < 1.29 is 4.79 Å². The number of amides is 1. The third-order valence-electron chi connectivity index (χ3n) is 3.69. The summed E-state index contributed by atoms with van der Waals surface area (Å²) >= 11 is 1.68. The molecule has 1 aromatic carbocycles. The lowest BCUT2D eigenvalue weighted by molar-refractivity contribution is -0.118. The lowest BCUT2D eigenvalue weighted by atomic mass is 10.0. The first kappa shape index (κ1) is 12.1. The Morgan fingerprint density at radius 2 is 2.00 bits per heavy atom. The van der Waals surface area contributed by atoms with Crippen molar-refractivity contribution in [2.45, 2.75) is 36.0 Å². The molecule has 0 aliphatic carbocycles. The first-order chi connectivity index (χ1) is 8.77. The van der Waals surface area contributed by atoms with Crippen LogP contribution in [0.3, 0.4) is 0 Å². The van der Waals surface area contributed by atoms with Crippen molar-refractivity contribution >= 4 is 23.4 Å². The zero-order valence-corrected chi connectivity index (χ0v) is 11.4. The van der Waals surface area contributed by atoms with Crippen molar-refractivity contribution in [1.29, 1.82) is 0 Å². The molecule has 3 nitrogen and oxygen atoms in total. The summed E-state index contributed by atoms with van der Waals surface area (Å²) in [6, 6.07) is 8.64. The molecule has 4 heteroatoms. The molecule has 1 amide bonds. The van der Waals surface area contributed by atoms with E-state index < -0.39 is 0 Å². The molecule has 1 fully saturated rings. The van der Waals surface area contributed by atoms with Gasteiger partial charge in [0.25, 0.3) is 0 Å². The minimum absolute atomic E-state index is 0.0368. The second-order valence-corrected chi connectivity index (χ2v) is 6.30. The van der Waals surface area contributed by atoms with Gasteiger partial charge in [-0.1, -0.05) is 12.1 Å². The fourth-order valence-electron chi connectivity index (χ4n) is 2.75. The summed E-state index contributed by atoms with van der Waals surface area (Å²) < 4.78 is 0. The highest BCUT2D eigenvalue weighted by Gasteiger charge is 2.35. The maximum absolute atomic E-state index is 12.5. The Kier molecular flexibility index (Phi) is 3.31. The summed E-state index contributed by atoms with van der Waals surface area (Å²) in [7, 11) is 0. The average Bonchev–Trinajstić information content (AvgIpc) is 2.41. The monoisotopic (exact) mass is 262 g/mol. The molecule has 1 aromatic rings. The molecule has 2 heterocycles. The summed E-state index contributed by atoms with van der Waals surface area (Å²) in [4.78, 5) is 15.8. The largest absolute Gasteiger partial charge is 0.317 e. The SMILES string of the molecule is CC1Sc2ccccc2N(C2CCNCC2)C1=O. The van der Waals surface area contributed by atoms with E-state index in [2.05, 4.69) is 28.4 Å². The van der Waals surface area contributed by atoms with Gasteiger partial charge < -0.3 is 10.2 Å². The van der Waals surface area contributed by atoms with Crippen LogP contribution in [0, 0.1) is 0 Å². The van der Waals surface area contributed by atoms with Gasteiger partial charge in [-0.05, 0) is 45.0 Å². The topological polar surface area (TPSA) is 32.3 Å². The van der Waals surface area contributed by atoms with Crippen LogP contribution in [0.2, 0.25) is 0 Å². The van der Waals surface area contributed by atoms with E-state index in [0.717, 1.165) is 31.6 Å². The number of benzene rings is 1. The van der Waals surface area contributed by atoms with Crippen molar-refractivity contribution in [3.05, 3.63) is 24.3 Å². The zero-order valence-electron chi connectivity index (χ0n) is 10.6. The third kappa shape index (κ3) is 2.04. The molecule has 0 aromatic heterocycles. The molecule has 0 spiro atoms. The van der Waals surface area contributed by atoms with Crippen molar-refractivity contribution in [2.24, 2.45) is 0 Å². The van der Waals surface area contributed by atoms with Gasteiger partial charge >= 0.3 is 0 Å². The van der Waals surface area contributed by atoms with Gasteiger partial charge in [-0.3, -0.25) is 4.79 Å². The number of fused-ring (bicyclic) bond motifs is 1. The summed E-state index contributed by atoms with van der Waals surface area (Å²) in [5, 5.41) is 3.40. The quantitative estimate of drug-likeness (QED) is 0.842. The number of nitrogens with zero attached hydrogens (tertiary/aromatic N) is 1. The van der Waals surface area contributed by atoms with E-state index in [4.69, 9.17) is 0 Å².